The van der Waals surface area contributed by atoms with Crippen molar-refractivity contribution in [1.29, 1.82) is 0 Å². The fourth-order valence-electron chi connectivity index (χ4n) is 2.75. The summed E-state index contributed by atoms with van der Waals surface area (Å²) in [6.07, 6.45) is 0.971. The standard InChI is InChI=1S/C15H19NO4/c1-20-15(19)13-8-11(7-12(13)14(17)18)16-9-10-5-3-2-4-6-10/h2-6,11-13,16H,7-9H2,1H3,(H,17,18). The number of carboxylic acids is 1. The van der Waals surface area contributed by atoms with Gasteiger partial charge in [-0.05, 0) is 18.4 Å². The number of carbonyl (C=O) groups is 2. The van der Waals surface area contributed by atoms with Gasteiger partial charge in [0, 0.05) is 12.6 Å². The van der Waals surface area contributed by atoms with Gasteiger partial charge in [0.05, 0.1) is 18.9 Å². The number of methoxy groups -OCH3 is 1. The second-order valence-electron chi connectivity index (χ2n) is 5.11. The minimum Gasteiger partial charge on any atom is -0.481 e. The van der Waals surface area contributed by atoms with E-state index < -0.39 is 23.8 Å². The van der Waals surface area contributed by atoms with Gasteiger partial charge in [0.15, 0.2) is 0 Å². The number of nitrogens with one attached hydrogen (secondary N) is 1. The van der Waals surface area contributed by atoms with E-state index in [9.17, 15) is 14.7 Å². The molecule has 3 atom stereocenters. The fourth-order valence-corrected chi connectivity index (χ4v) is 2.75. The Morgan fingerprint density at radius 2 is 1.90 bits per heavy atom. The molecular weight excluding hydrogens is 258 g/mol. The molecule has 0 saturated heterocycles. The third kappa shape index (κ3) is 3.36. The molecule has 1 saturated carbocycles. The van der Waals surface area contributed by atoms with E-state index >= 15 is 0 Å². The molecule has 5 nitrogen and oxygen atoms in total. The van der Waals surface area contributed by atoms with Crippen molar-refractivity contribution >= 4 is 11.9 Å². The Labute approximate surface area is 117 Å². The molecule has 1 fully saturated rings. The first-order valence-electron chi connectivity index (χ1n) is 6.69. The van der Waals surface area contributed by atoms with Crippen LogP contribution in [0.1, 0.15) is 18.4 Å². The van der Waals surface area contributed by atoms with Crippen molar-refractivity contribution in [2.75, 3.05) is 7.11 Å². The Morgan fingerprint density at radius 1 is 1.25 bits per heavy atom. The van der Waals surface area contributed by atoms with E-state index in [0.717, 1.165) is 5.56 Å². The van der Waals surface area contributed by atoms with Crippen molar-refractivity contribution in [3.05, 3.63) is 35.9 Å². The van der Waals surface area contributed by atoms with E-state index in [1.807, 2.05) is 30.3 Å². The third-order valence-electron chi connectivity index (χ3n) is 3.82. The summed E-state index contributed by atoms with van der Waals surface area (Å²) < 4.78 is 4.70. The van der Waals surface area contributed by atoms with Gasteiger partial charge in [0.25, 0.3) is 0 Å². The minimum atomic E-state index is -0.926. The van der Waals surface area contributed by atoms with Crippen LogP contribution in [-0.2, 0) is 20.9 Å². The van der Waals surface area contributed by atoms with Crippen LogP contribution in [0.3, 0.4) is 0 Å². The SMILES string of the molecule is COC(=O)C1CC(NCc2ccccc2)CC1C(=O)O. The molecule has 2 rings (SSSR count). The summed E-state index contributed by atoms with van der Waals surface area (Å²) in [4.78, 5) is 22.9. The highest BCUT2D eigenvalue weighted by atomic mass is 16.5. The van der Waals surface area contributed by atoms with Crippen molar-refractivity contribution in [1.82, 2.24) is 5.32 Å². The number of hydrogen-bond acceptors (Lipinski definition) is 4. The molecule has 0 heterocycles. The van der Waals surface area contributed by atoms with E-state index in [-0.39, 0.29) is 6.04 Å². The average Bonchev–Trinajstić information content (AvgIpc) is 2.90. The summed E-state index contributed by atoms with van der Waals surface area (Å²) in [7, 11) is 1.30. The van der Waals surface area contributed by atoms with Crippen LogP contribution in [0.25, 0.3) is 0 Å². The van der Waals surface area contributed by atoms with Crippen molar-refractivity contribution in [2.45, 2.75) is 25.4 Å². The second kappa shape index (κ2) is 6.52. The summed E-state index contributed by atoms with van der Waals surface area (Å²) in [6, 6.07) is 9.92. The average molecular weight is 277 g/mol. The zero-order chi connectivity index (χ0) is 14.5. The molecule has 1 aromatic rings. The first kappa shape index (κ1) is 14.5. The van der Waals surface area contributed by atoms with Gasteiger partial charge in [-0.25, -0.2) is 0 Å². The van der Waals surface area contributed by atoms with Crippen molar-refractivity contribution in [3.8, 4) is 0 Å². The first-order valence-corrected chi connectivity index (χ1v) is 6.69. The molecule has 1 aliphatic rings. The summed E-state index contributed by atoms with van der Waals surface area (Å²) >= 11 is 0. The van der Waals surface area contributed by atoms with E-state index in [2.05, 4.69) is 5.32 Å². The lowest BCUT2D eigenvalue weighted by Crippen LogP contribution is -2.26. The number of benzene rings is 1. The predicted octanol–water partition coefficient (Wildman–Crippen LogP) is 1.43. The summed E-state index contributed by atoms with van der Waals surface area (Å²) in [6.45, 7) is 0.672. The molecule has 0 amide bonds. The predicted molar refractivity (Wildman–Crippen MR) is 72.9 cm³/mol. The van der Waals surface area contributed by atoms with Gasteiger partial charge in [-0.3, -0.25) is 9.59 Å². The highest BCUT2D eigenvalue weighted by molar-refractivity contribution is 5.81. The Hall–Kier alpha value is -1.88. The van der Waals surface area contributed by atoms with Crippen LogP contribution in [0.5, 0.6) is 0 Å². The fraction of sp³-hybridized carbons (Fsp3) is 0.467. The van der Waals surface area contributed by atoms with E-state index in [1.165, 1.54) is 7.11 Å². The lowest BCUT2D eigenvalue weighted by Gasteiger charge is -2.12. The summed E-state index contributed by atoms with van der Waals surface area (Å²) in [5, 5.41) is 12.5. The Balaban J connectivity index is 1.94. The second-order valence-corrected chi connectivity index (χ2v) is 5.11. The number of ether oxygens (including phenoxy) is 1. The number of hydrogen-bond donors (Lipinski definition) is 2. The molecule has 3 unspecified atom stereocenters. The van der Waals surface area contributed by atoms with Gasteiger partial charge in [0.1, 0.15) is 0 Å². The minimum absolute atomic E-state index is 0.0282. The number of carboxylic acid groups (broad SMARTS) is 1. The van der Waals surface area contributed by atoms with Crippen LogP contribution in [0.2, 0.25) is 0 Å². The zero-order valence-electron chi connectivity index (χ0n) is 11.4. The van der Waals surface area contributed by atoms with E-state index in [4.69, 9.17) is 4.74 Å². The largest absolute Gasteiger partial charge is 0.481 e. The smallest absolute Gasteiger partial charge is 0.309 e. The molecule has 20 heavy (non-hydrogen) atoms. The maximum atomic E-state index is 11.6. The van der Waals surface area contributed by atoms with E-state index in [0.29, 0.717) is 19.4 Å². The van der Waals surface area contributed by atoms with Crippen LogP contribution in [-0.4, -0.2) is 30.2 Å². The highest BCUT2D eigenvalue weighted by Crippen LogP contribution is 2.33. The van der Waals surface area contributed by atoms with Crippen LogP contribution in [0.4, 0.5) is 0 Å². The van der Waals surface area contributed by atoms with Gasteiger partial charge in [-0.15, -0.1) is 0 Å². The lowest BCUT2D eigenvalue weighted by molar-refractivity contribution is -0.154. The van der Waals surface area contributed by atoms with Crippen LogP contribution >= 0.6 is 0 Å². The van der Waals surface area contributed by atoms with Crippen molar-refractivity contribution in [3.63, 3.8) is 0 Å². The normalized spacial score (nSPS) is 25.4. The van der Waals surface area contributed by atoms with Crippen molar-refractivity contribution in [2.24, 2.45) is 11.8 Å². The molecule has 0 aliphatic heterocycles. The number of esters is 1. The topological polar surface area (TPSA) is 75.6 Å². The van der Waals surface area contributed by atoms with Crippen molar-refractivity contribution < 1.29 is 19.4 Å². The zero-order valence-corrected chi connectivity index (χ0v) is 11.4. The van der Waals surface area contributed by atoms with Crippen LogP contribution in [0.15, 0.2) is 30.3 Å². The molecular formula is C15H19NO4. The molecule has 108 valence electrons. The molecule has 0 aromatic heterocycles. The van der Waals surface area contributed by atoms with E-state index in [1.54, 1.807) is 0 Å². The molecule has 0 radical (unpaired) electrons. The van der Waals surface area contributed by atoms with Gasteiger partial charge < -0.3 is 15.2 Å². The molecule has 2 N–H and O–H groups in total. The summed E-state index contributed by atoms with van der Waals surface area (Å²) in [5.74, 6) is -2.56. The molecule has 1 aromatic carbocycles. The molecule has 1 aliphatic carbocycles. The van der Waals surface area contributed by atoms with Gasteiger partial charge in [0.2, 0.25) is 0 Å². The Kier molecular flexibility index (Phi) is 4.74. The molecule has 0 spiro atoms. The monoisotopic (exact) mass is 277 g/mol. The summed E-state index contributed by atoms with van der Waals surface area (Å²) in [5.41, 5.74) is 1.14. The number of aliphatic carboxylic acids is 1. The third-order valence-corrected chi connectivity index (χ3v) is 3.82. The van der Waals surface area contributed by atoms with Gasteiger partial charge in [-0.1, -0.05) is 30.3 Å². The number of rotatable bonds is 5. The lowest BCUT2D eigenvalue weighted by atomic mass is 9.97. The highest BCUT2D eigenvalue weighted by Gasteiger charge is 2.43. The van der Waals surface area contributed by atoms with Gasteiger partial charge in [-0.2, -0.15) is 0 Å². The van der Waals surface area contributed by atoms with Crippen LogP contribution < -0.4 is 5.32 Å². The first-order chi connectivity index (χ1) is 9.61. The quantitative estimate of drug-likeness (QED) is 0.796. The maximum Gasteiger partial charge on any atom is 0.309 e. The molecule has 5 heteroatoms. The van der Waals surface area contributed by atoms with Gasteiger partial charge >= 0.3 is 11.9 Å². The number of carbonyl (C=O) groups excluding carboxylic acids is 1. The van der Waals surface area contributed by atoms with Crippen LogP contribution in [0, 0.1) is 11.8 Å². The Bertz CT molecular complexity index is 474. The molecule has 0 bridgehead atoms. The Morgan fingerprint density at radius 3 is 2.50 bits per heavy atom. The maximum absolute atomic E-state index is 11.6.